The molecule has 0 fully saturated rings. The Morgan fingerprint density at radius 3 is 2.47 bits per heavy atom. The van der Waals surface area contributed by atoms with Gasteiger partial charge in [-0.15, -0.1) is 0 Å². The maximum Gasteiger partial charge on any atom is 0.211 e. The third kappa shape index (κ3) is 6.02. The minimum atomic E-state index is -3.26. The first-order valence-electron chi connectivity index (χ1n) is 5.36. The third-order valence-corrected chi connectivity index (χ3v) is 3.94. The molecule has 0 atom stereocenters. The van der Waals surface area contributed by atoms with Crippen LogP contribution < -0.4 is 4.72 Å². The molecule has 0 spiro atoms. The zero-order valence-electron chi connectivity index (χ0n) is 9.39. The highest BCUT2D eigenvalue weighted by atomic mass is 35.5. The fraction of sp³-hybridized carbons (Fsp3) is 0.455. The lowest BCUT2D eigenvalue weighted by Gasteiger charge is -2.06. The summed E-state index contributed by atoms with van der Waals surface area (Å²) in [5.41, 5.74) is 1.03. The monoisotopic (exact) mass is 277 g/mol. The van der Waals surface area contributed by atoms with E-state index in [1.54, 1.807) is 12.1 Å². The molecule has 0 aliphatic heterocycles. The largest absolute Gasteiger partial charge is 0.396 e. The van der Waals surface area contributed by atoms with Gasteiger partial charge in [-0.3, -0.25) is 0 Å². The SMILES string of the molecule is O=S(=O)(CCCO)NCCc1ccc(Cl)cc1. The second kappa shape index (κ2) is 6.96. The lowest BCUT2D eigenvalue weighted by atomic mass is 10.2. The highest BCUT2D eigenvalue weighted by molar-refractivity contribution is 7.89. The molecule has 17 heavy (non-hydrogen) atoms. The molecule has 2 N–H and O–H groups in total. The summed E-state index contributed by atoms with van der Waals surface area (Å²) in [7, 11) is -3.26. The lowest BCUT2D eigenvalue weighted by molar-refractivity contribution is 0.295. The quantitative estimate of drug-likeness (QED) is 0.787. The molecule has 1 rings (SSSR count). The predicted octanol–water partition coefficient (Wildman–Crippen LogP) is 1.18. The molecule has 1 aromatic carbocycles. The zero-order valence-corrected chi connectivity index (χ0v) is 11.0. The molecule has 0 heterocycles. The summed E-state index contributed by atoms with van der Waals surface area (Å²) in [4.78, 5) is 0. The van der Waals surface area contributed by atoms with Gasteiger partial charge in [-0.05, 0) is 30.5 Å². The van der Waals surface area contributed by atoms with Crippen LogP contribution in [0.4, 0.5) is 0 Å². The molecule has 0 aliphatic rings. The number of nitrogens with one attached hydrogen (secondary N) is 1. The standard InChI is InChI=1S/C11H16ClNO3S/c12-11-4-2-10(3-5-11)6-7-13-17(15,16)9-1-8-14/h2-5,13-14H,1,6-9H2. The Kier molecular flexibility index (Phi) is 5.91. The summed E-state index contributed by atoms with van der Waals surface area (Å²) in [5.74, 6) is -0.0376. The Morgan fingerprint density at radius 2 is 1.88 bits per heavy atom. The molecule has 0 radical (unpaired) electrons. The van der Waals surface area contributed by atoms with E-state index in [4.69, 9.17) is 16.7 Å². The molecule has 1 aromatic rings. The minimum absolute atomic E-state index is 0.0376. The zero-order chi connectivity index (χ0) is 12.7. The Balaban J connectivity index is 2.34. The number of hydrogen-bond donors (Lipinski definition) is 2. The van der Waals surface area contributed by atoms with Crippen molar-refractivity contribution < 1.29 is 13.5 Å². The van der Waals surface area contributed by atoms with Gasteiger partial charge in [0.1, 0.15) is 0 Å². The molecule has 0 saturated heterocycles. The van der Waals surface area contributed by atoms with Crippen LogP contribution in [0.25, 0.3) is 0 Å². The average molecular weight is 278 g/mol. The van der Waals surface area contributed by atoms with Crippen LogP contribution in [0.5, 0.6) is 0 Å². The number of rotatable bonds is 7. The van der Waals surface area contributed by atoms with Crippen LogP contribution in [0.3, 0.4) is 0 Å². The van der Waals surface area contributed by atoms with Crippen molar-refractivity contribution in [1.29, 1.82) is 0 Å². The van der Waals surface area contributed by atoms with E-state index in [0.29, 0.717) is 18.0 Å². The predicted molar refractivity (Wildman–Crippen MR) is 68.6 cm³/mol. The molecule has 96 valence electrons. The van der Waals surface area contributed by atoms with Crippen LogP contribution >= 0.6 is 11.6 Å². The van der Waals surface area contributed by atoms with Crippen LogP contribution in [0.1, 0.15) is 12.0 Å². The number of aliphatic hydroxyl groups is 1. The summed E-state index contributed by atoms with van der Waals surface area (Å²) in [6, 6.07) is 7.28. The fourth-order valence-electron chi connectivity index (χ4n) is 1.33. The number of benzene rings is 1. The van der Waals surface area contributed by atoms with Crippen molar-refractivity contribution in [2.24, 2.45) is 0 Å². The van der Waals surface area contributed by atoms with E-state index in [1.807, 2.05) is 12.1 Å². The van der Waals surface area contributed by atoms with Crippen LogP contribution in [0.2, 0.25) is 5.02 Å². The number of aliphatic hydroxyl groups excluding tert-OH is 1. The van der Waals surface area contributed by atoms with Crippen molar-refractivity contribution >= 4 is 21.6 Å². The Bertz CT molecular complexity index is 431. The van der Waals surface area contributed by atoms with E-state index in [1.165, 1.54) is 0 Å². The van der Waals surface area contributed by atoms with Crippen molar-refractivity contribution in [3.05, 3.63) is 34.9 Å². The van der Waals surface area contributed by atoms with E-state index in [-0.39, 0.29) is 18.8 Å². The second-order valence-corrected chi connectivity index (χ2v) is 6.03. The van der Waals surface area contributed by atoms with Crippen molar-refractivity contribution in [1.82, 2.24) is 4.72 Å². The molecule has 0 unspecified atom stereocenters. The Labute approximate surface area is 107 Å². The summed E-state index contributed by atoms with van der Waals surface area (Å²) in [5, 5.41) is 9.22. The summed E-state index contributed by atoms with van der Waals surface area (Å²) in [6.45, 7) is 0.244. The third-order valence-electron chi connectivity index (χ3n) is 2.22. The highest BCUT2D eigenvalue weighted by Crippen LogP contribution is 2.09. The normalized spacial score (nSPS) is 11.6. The summed E-state index contributed by atoms with van der Waals surface area (Å²) >= 11 is 5.74. The van der Waals surface area contributed by atoms with E-state index in [9.17, 15) is 8.42 Å². The maximum atomic E-state index is 11.4. The van der Waals surface area contributed by atoms with Crippen LogP contribution in [0, 0.1) is 0 Å². The van der Waals surface area contributed by atoms with E-state index in [2.05, 4.69) is 4.72 Å². The molecule has 4 nitrogen and oxygen atoms in total. The van der Waals surface area contributed by atoms with Gasteiger partial charge in [0.05, 0.1) is 5.75 Å². The average Bonchev–Trinajstić information content (AvgIpc) is 2.29. The van der Waals surface area contributed by atoms with Gasteiger partial charge in [-0.2, -0.15) is 0 Å². The minimum Gasteiger partial charge on any atom is -0.396 e. The fourth-order valence-corrected chi connectivity index (χ4v) is 2.52. The number of halogens is 1. The molecule has 0 saturated carbocycles. The molecule has 0 aliphatic carbocycles. The van der Waals surface area contributed by atoms with Crippen molar-refractivity contribution in [3.63, 3.8) is 0 Å². The van der Waals surface area contributed by atoms with Crippen LogP contribution in [0.15, 0.2) is 24.3 Å². The number of hydrogen-bond acceptors (Lipinski definition) is 3. The first-order valence-corrected chi connectivity index (χ1v) is 7.39. The molecule has 0 bridgehead atoms. The van der Waals surface area contributed by atoms with E-state index < -0.39 is 10.0 Å². The molecule has 0 amide bonds. The molecular weight excluding hydrogens is 262 g/mol. The summed E-state index contributed by atoms with van der Waals surface area (Å²) in [6.07, 6.45) is 0.881. The maximum absolute atomic E-state index is 11.4. The second-order valence-electron chi connectivity index (χ2n) is 3.67. The molecular formula is C11H16ClNO3S. The smallest absolute Gasteiger partial charge is 0.211 e. The highest BCUT2D eigenvalue weighted by Gasteiger charge is 2.08. The van der Waals surface area contributed by atoms with Gasteiger partial charge in [0.25, 0.3) is 0 Å². The van der Waals surface area contributed by atoms with Gasteiger partial charge in [-0.1, -0.05) is 23.7 Å². The Morgan fingerprint density at radius 1 is 1.24 bits per heavy atom. The van der Waals surface area contributed by atoms with Gasteiger partial charge in [0.15, 0.2) is 0 Å². The van der Waals surface area contributed by atoms with Gasteiger partial charge in [0.2, 0.25) is 10.0 Å². The van der Waals surface area contributed by atoms with E-state index >= 15 is 0 Å². The number of sulfonamides is 1. The summed E-state index contributed by atoms with van der Waals surface area (Å²) < 4.78 is 25.3. The van der Waals surface area contributed by atoms with Gasteiger partial charge >= 0.3 is 0 Å². The Hall–Kier alpha value is -0.620. The lowest BCUT2D eigenvalue weighted by Crippen LogP contribution is -2.28. The molecule has 6 heteroatoms. The topological polar surface area (TPSA) is 66.4 Å². The first kappa shape index (κ1) is 14.4. The van der Waals surface area contributed by atoms with Crippen LogP contribution in [-0.2, 0) is 16.4 Å². The van der Waals surface area contributed by atoms with Crippen molar-refractivity contribution in [3.8, 4) is 0 Å². The van der Waals surface area contributed by atoms with Gasteiger partial charge in [-0.25, -0.2) is 13.1 Å². The van der Waals surface area contributed by atoms with Crippen molar-refractivity contribution in [2.45, 2.75) is 12.8 Å². The molecule has 0 aromatic heterocycles. The van der Waals surface area contributed by atoms with Gasteiger partial charge < -0.3 is 5.11 Å². The van der Waals surface area contributed by atoms with Crippen LogP contribution in [-0.4, -0.2) is 32.4 Å². The van der Waals surface area contributed by atoms with Gasteiger partial charge in [0, 0.05) is 18.2 Å². The van der Waals surface area contributed by atoms with Crippen molar-refractivity contribution in [2.75, 3.05) is 18.9 Å². The first-order chi connectivity index (χ1) is 8.03. The van der Waals surface area contributed by atoms with E-state index in [0.717, 1.165) is 5.56 Å².